The van der Waals surface area contributed by atoms with Gasteiger partial charge in [-0.05, 0) is 38.1 Å². The summed E-state index contributed by atoms with van der Waals surface area (Å²) in [4.78, 5) is 9.14. The Labute approximate surface area is 169 Å². The number of aromatic nitrogens is 4. The SMILES string of the molecule is COc1ccc(OC)c(CNc2cc(C)nc3nc(-c4cccc(C)c4)nn23)c1. The number of fused-ring (bicyclic) bond motifs is 1. The molecule has 0 atom stereocenters. The van der Waals surface area contributed by atoms with Crippen LogP contribution in [0.3, 0.4) is 0 Å². The lowest BCUT2D eigenvalue weighted by Gasteiger charge is -2.13. The maximum atomic E-state index is 5.47. The second-order valence-electron chi connectivity index (χ2n) is 6.83. The molecule has 4 rings (SSSR count). The first-order valence-corrected chi connectivity index (χ1v) is 9.33. The zero-order valence-corrected chi connectivity index (χ0v) is 16.9. The van der Waals surface area contributed by atoms with E-state index < -0.39 is 0 Å². The van der Waals surface area contributed by atoms with Gasteiger partial charge in [0.05, 0.1) is 14.2 Å². The zero-order chi connectivity index (χ0) is 20.4. The van der Waals surface area contributed by atoms with Crippen molar-refractivity contribution >= 4 is 11.6 Å². The highest BCUT2D eigenvalue weighted by molar-refractivity contribution is 5.59. The first-order chi connectivity index (χ1) is 14.1. The van der Waals surface area contributed by atoms with Crippen molar-refractivity contribution in [2.45, 2.75) is 20.4 Å². The van der Waals surface area contributed by atoms with Gasteiger partial charge >= 0.3 is 0 Å². The van der Waals surface area contributed by atoms with E-state index in [0.29, 0.717) is 18.1 Å². The lowest BCUT2D eigenvalue weighted by atomic mass is 10.1. The minimum absolute atomic E-state index is 0.540. The highest BCUT2D eigenvalue weighted by atomic mass is 16.5. The number of aryl methyl sites for hydroxylation is 2. The summed E-state index contributed by atoms with van der Waals surface area (Å²) in [6.07, 6.45) is 0. The van der Waals surface area contributed by atoms with Gasteiger partial charge in [0.25, 0.3) is 5.78 Å². The smallest absolute Gasteiger partial charge is 0.254 e. The lowest BCUT2D eigenvalue weighted by molar-refractivity contribution is 0.399. The molecule has 2 aromatic carbocycles. The number of ether oxygens (including phenoxy) is 2. The van der Waals surface area contributed by atoms with E-state index >= 15 is 0 Å². The third-order valence-corrected chi connectivity index (χ3v) is 4.66. The maximum absolute atomic E-state index is 5.47. The molecule has 0 aliphatic heterocycles. The van der Waals surface area contributed by atoms with Crippen LogP contribution in [0.5, 0.6) is 11.5 Å². The molecule has 0 amide bonds. The van der Waals surface area contributed by atoms with E-state index in [0.717, 1.165) is 39.7 Å². The number of rotatable bonds is 6. The van der Waals surface area contributed by atoms with Crippen molar-refractivity contribution in [2.24, 2.45) is 0 Å². The molecule has 4 aromatic rings. The summed E-state index contributed by atoms with van der Waals surface area (Å²) in [6, 6.07) is 15.8. The van der Waals surface area contributed by atoms with Gasteiger partial charge in [0.2, 0.25) is 0 Å². The van der Waals surface area contributed by atoms with Gasteiger partial charge in [-0.1, -0.05) is 23.8 Å². The summed E-state index contributed by atoms with van der Waals surface area (Å²) < 4.78 is 12.5. The molecule has 2 aromatic heterocycles. The molecule has 0 aliphatic carbocycles. The molecule has 0 spiro atoms. The average molecular weight is 389 g/mol. The van der Waals surface area contributed by atoms with E-state index in [9.17, 15) is 0 Å². The molecular formula is C22H23N5O2. The number of nitrogens with one attached hydrogen (secondary N) is 1. The predicted molar refractivity (Wildman–Crippen MR) is 113 cm³/mol. The Bertz CT molecular complexity index is 1170. The van der Waals surface area contributed by atoms with E-state index in [1.165, 1.54) is 0 Å². The van der Waals surface area contributed by atoms with Gasteiger partial charge in [0.1, 0.15) is 17.3 Å². The standard InChI is InChI=1S/C22H23N5O2/c1-14-6-5-7-16(10-14)21-25-22-24-15(2)11-20(27(22)26-21)23-13-17-12-18(28-3)8-9-19(17)29-4/h5-12,23H,13H2,1-4H3. The van der Waals surface area contributed by atoms with Gasteiger partial charge < -0.3 is 14.8 Å². The Kier molecular flexibility index (Phi) is 5.03. The molecule has 0 saturated heterocycles. The fraction of sp³-hybridized carbons (Fsp3) is 0.227. The molecule has 29 heavy (non-hydrogen) atoms. The molecule has 0 fully saturated rings. The molecular weight excluding hydrogens is 366 g/mol. The first kappa shape index (κ1) is 18.7. The molecule has 0 aliphatic rings. The quantitative estimate of drug-likeness (QED) is 0.537. The predicted octanol–water partition coefficient (Wildman–Crippen LogP) is 4.04. The van der Waals surface area contributed by atoms with Crippen molar-refractivity contribution in [2.75, 3.05) is 19.5 Å². The maximum Gasteiger partial charge on any atom is 0.254 e. The molecule has 1 N–H and O–H groups in total. The minimum Gasteiger partial charge on any atom is -0.497 e. The zero-order valence-electron chi connectivity index (χ0n) is 16.9. The van der Waals surface area contributed by atoms with E-state index in [-0.39, 0.29) is 0 Å². The molecule has 7 heteroatoms. The minimum atomic E-state index is 0.540. The third-order valence-electron chi connectivity index (χ3n) is 4.66. The Morgan fingerprint density at radius 3 is 2.59 bits per heavy atom. The van der Waals surface area contributed by atoms with Crippen LogP contribution in [0.25, 0.3) is 17.2 Å². The van der Waals surface area contributed by atoms with Crippen LogP contribution in [0.15, 0.2) is 48.5 Å². The fourth-order valence-electron chi connectivity index (χ4n) is 3.23. The van der Waals surface area contributed by atoms with Gasteiger partial charge in [-0.15, -0.1) is 5.10 Å². The highest BCUT2D eigenvalue weighted by Gasteiger charge is 2.13. The fourth-order valence-corrected chi connectivity index (χ4v) is 3.23. The van der Waals surface area contributed by atoms with E-state index in [1.807, 2.05) is 43.3 Å². The third kappa shape index (κ3) is 3.85. The van der Waals surface area contributed by atoms with E-state index in [4.69, 9.17) is 9.47 Å². The van der Waals surface area contributed by atoms with Crippen LogP contribution < -0.4 is 14.8 Å². The number of methoxy groups -OCH3 is 2. The van der Waals surface area contributed by atoms with Crippen LogP contribution in [0.4, 0.5) is 5.82 Å². The Balaban J connectivity index is 1.69. The van der Waals surface area contributed by atoms with Crippen molar-refractivity contribution < 1.29 is 9.47 Å². The van der Waals surface area contributed by atoms with Crippen molar-refractivity contribution in [1.29, 1.82) is 0 Å². The largest absolute Gasteiger partial charge is 0.497 e. The van der Waals surface area contributed by atoms with Crippen LogP contribution in [0.1, 0.15) is 16.8 Å². The van der Waals surface area contributed by atoms with Gasteiger partial charge in [-0.2, -0.15) is 9.50 Å². The summed E-state index contributed by atoms with van der Waals surface area (Å²) in [7, 11) is 3.31. The first-order valence-electron chi connectivity index (χ1n) is 9.33. The van der Waals surface area contributed by atoms with Crippen molar-refractivity contribution in [3.8, 4) is 22.9 Å². The van der Waals surface area contributed by atoms with Gasteiger partial charge in [0.15, 0.2) is 5.82 Å². The number of hydrogen-bond acceptors (Lipinski definition) is 6. The van der Waals surface area contributed by atoms with Crippen LogP contribution in [-0.4, -0.2) is 33.8 Å². The molecule has 7 nitrogen and oxygen atoms in total. The molecule has 0 saturated carbocycles. The van der Waals surface area contributed by atoms with Crippen LogP contribution in [0, 0.1) is 13.8 Å². The lowest BCUT2D eigenvalue weighted by Crippen LogP contribution is -2.08. The van der Waals surface area contributed by atoms with Crippen molar-refractivity contribution in [3.63, 3.8) is 0 Å². The van der Waals surface area contributed by atoms with Gasteiger partial charge in [-0.25, -0.2) is 4.98 Å². The number of hydrogen-bond donors (Lipinski definition) is 1. The molecule has 0 bridgehead atoms. The van der Waals surface area contributed by atoms with E-state index in [2.05, 4.69) is 39.4 Å². The molecule has 0 radical (unpaired) electrons. The second kappa shape index (κ2) is 7.79. The molecule has 2 heterocycles. The Morgan fingerprint density at radius 1 is 0.966 bits per heavy atom. The summed E-state index contributed by atoms with van der Waals surface area (Å²) >= 11 is 0. The van der Waals surface area contributed by atoms with Crippen LogP contribution >= 0.6 is 0 Å². The summed E-state index contributed by atoms with van der Waals surface area (Å²) in [5.41, 5.74) is 3.97. The topological polar surface area (TPSA) is 73.6 Å². The van der Waals surface area contributed by atoms with Gasteiger partial charge in [-0.3, -0.25) is 0 Å². The summed E-state index contributed by atoms with van der Waals surface area (Å²) in [6.45, 7) is 4.53. The number of anilines is 1. The summed E-state index contributed by atoms with van der Waals surface area (Å²) in [5, 5.41) is 8.11. The van der Waals surface area contributed by atoms with E-state index in [1.54, 1.807) is 18.7 Å². The molecule has 148 valence electrons. The number of benzene rings is 2. The Hall–Kier alpha value is -3.61. The average Bonchev–Trinajstić information content (AvgIpc) is 3.15. The normalized spacial score (nSPS) is 10.9. The second-order valence-corrected chi connectivity index (χ2v) is 6.83. The van der Waals surface area contributed by atoms with Crippen LogP contribution in [-0.2, 0) is 6.54 Å². The van der Waals surface area contributed by atoms with Crippen molar-refractivity contribution in [3.05, 3.63) is 65.4 Å². The monoisotopic (exact) mass is 389 g/mol. The molecule has 0 unspecified atom stereocenters. The van der Waals surface area contributed by atoms with Crippen molar-refractivity contribution in [1.82, 2.24) is 19.6 Å². The Morgan fingerprint density at radius 2 is 1.83 bits per heavy atom. The summed E-state index contributed by atoms with van der Waals surface area (Å²) in [5.74, 6) is 3.58. The highest BCUT2D eigenvalue weighted by Crippen LogP contribution is 2.25. The van der Waals surface area contributed by atoms with Gasteiger partial charge in [0, 0.05) is 29.4 Å². The van der Waals surface area contributed by atoms with Crippen LogP contribution in [0.2, 0.25) is 0 Å². The number of nitrogens with zero attached hydrogens (tertiary/aromatic N) is 4.